The van der Waals surface area contributed by atoms with E-state index < -0.39 is 6.61 Å². The second-order valence-corrected chi connectivity index (χ2v) is 1.95. The van der Waals surface area contributed by atoms with Gasteiger partial charge in [-0.25, -0.2) is 0 Å². The Bertz CT molecular complexity index is 221. The van der Waals surface area contributed by atoms with E-state index in [9.17, 15) is 4.79 Å². The Hall–Kier alpha value is -1.19. The molecule has 0 bridgehead atoms. The summed E-state index contributed by atoms with van der Waals surface area (Å²) in [5.74, 6) is -0.236. The maximum Gasteiger partial charge on any atom is 0.188 e. The molecule has 0 spiro atoms. The molecule has 0 aliphatic carbocycles. The van der Waals surface area contributed by atoms with Crippen molar-refractivity contribution in [2.75, 3.05) is 13.7 Å². The topological polar surface area (TPSA) is 63.3 Å². The Morgan fingerprint density at radius 1 is 1.33 bits per heavy atom. The number of benzene rings is 1. The van der Waals surface area contributed by atoms with Crippen LogP contribution in [0.5, 0.6) is 0 Å². The van der Waals surface area contributed by atoms with Crippen LogP contribution in [0.15, 0.2) is 30.3 Å². The first-order chi connectivity index (χ1) is 5.84. The molecule has 0 fully saturated rings. The van der Waals surface area contributed by atoms with Gasteiger partial charge in [-0.3, -0.25) is 4.79 Å². The number of aliphatic hydroxyl groups excluding tert-OH is 1. The number of rotatable bonds is 2. The van der Waals surface area contributed by atoms with E-state index in [4.69, 9.17) is 5.11 Å². The van der Waals surface area contributed by atoms with E-state index in [0.717, 1.165) is 0 Å². The van der Waals surface area contributed by atoms with Crippen molar-refractivity contribution in [3.8, 4) is 0 Å². The van der Waals surface area contributed by atoms with Crippen LogP contribution in [0.2, 0.25) is 0 Å². The standard InChI is InChI=1S/C8H8O2.CH5N/c9-6-8(10)7-4-2-1-3-5-7;1-2/h1-5,9H,6H2;2H2,1H3. The zero-order chi connectivity index (χ0) is 9.40. The minimum absolute atomic E-state index is 0.236. The van der Waals surface area contributed by atoms with E-state index in [1.54, 1.807) is 24.3 Å². The first-order valence-electron chi connectivity index (χ1n) is 3.61. The highest BCUT2D eigenvalue weighted by atomic mass is 16.3. The zero-order valence-corrected chi connectivity index (χ0v) is 7.03. The smallest absolute Gasteiger partial charge is 0.188 e. The molecule has 3 heteroatoms. The zero-order valence-electron chi connectivity index (χ0n) is 7.03. The van der Waals surface area contributed by atoms with E-state index >= 15 is 0 Å². The maximum absolute atomic E-state index is 10.8. The number of ketones is 1. The fraction of sp³-hybridized carbons (Fsp3) is 0.222. The molecule has 0 atom stereocenters. The molecular formula is C9H13NO2. The number of carbonyl (C=O) groups is 1. The average molecular weight is 167 g/mol. The van der Waals surface area contributed by atoms with Crippen molar-refractivity contribution in [2.45, 2.75) is 0 Å². The van der Waals surface area contributed by atoms with E-state index in [1.165, 1.54) is 7.05 Å². The van der Waals surface area contributed by atoms with Crippen LogP contribution in [0.25, 0.3) is 0 Å². The van der Waals surface area contributed by atoms with Gasteiger partial charge in [0.15, 0.2) is 5.78 Å². The summed E-state index contributed by atoms with van der Waals surface area (Å²) < 4.78 is 0. The molecule has 66 valence electrons. The van der Waals surface area contributed by atoms with Crippen LogP contribution in [-0.2, 0) is 0 Å². The lowest BCUT2D eigenvalue weighted by atomic mass is 10.1. The third kappa shape index (κ3) is 3.27. The molecule has 0 unspecified atom stereocenters. The van der Waals surface area contributed by atoms with Gasteiger partial charge in [0.2, 0.25) is 0 Å². The molecule has 0 aromatic heterocycles. The normalized spacial score (nSPS) is 8.25. The quantitative estimate of drug-likeness (QED) is 0.628. The van der Waals surface area contributed by atoms with E-state index in [2.05, 4.69) is 5.73 Å². The molecule has 3 N–H and O–H groups in total. The Balaban J connectivity index is 0.000000561. The van der Waals surface area contributed by atoms with Crippen molar-refractivity contribution < 1.29 is 9.90 Å². The first kappa shape index (κ1) is 10.8. The monoisotopic (exact) mass is 167 g/mol. The molecule has 3 nitrogen and oxygen atoms in total. The van der Waals surface area contributed by atoms with Crippen LogP contribution in [0.3, 0.4) is 0 Å². The molecule has 1 rings (SSSR count). The van der Waals surface area contributed by atoms with Gasteiger partial charge in [0.1, 0.15) is 6.61 Å². The van der Waals surface area contributed by atoms with Gasteiger partial charge in [0, 0.05) is 5.56 Å². The van der Waals surface area contributed by atoms with Crippen LogP contribution in [0.1, 0.15) is 10.4 Å². The third-order valence-corrected chi connectivity index (χ3v) is 1.24. The lowest BCUT2D eigenvalue weighted by Gasteiger charge is -1.93. The van der Waals surface area contributed by atoms with Crippen molar-refractivity contribution >= 4 is 5.78 Å². The summed E-state index contributed by atoms with van der Waals surface area (Å²) in [5, 5.41) is 8.44. The molecule has 0 saturated carbocycles. The highest BCUT2D eigenvalue weighted by Gasteiger charge is 1.99. The Morgan fingerprint density at radius 3 is 2.25 bits per heavy atom. The number of nitrogens with two attached hydrogens (primary N) is 1. The molecule has 1 aromatic carbocycles. The van der Waals surface area contributed by atoms with Crippen LogP contribution in [0.4, 0.5) is 0 Å². The fourth-order valence-corrected chi connectivity index (χ4v) is 0.715. The summed E-state index contributed by atoms with van der Waals surface area (Å²) in [6.07, 6.45) is 0. The minimum Gasteiger partial charge on any atom is -0.388 e. The summed E-state index contributed by atoms with van der Waals surface area (Å²) in [5.41, 5.74) is 5.06. The summed E-state index contributed by atoms with van der Waals surface area (Å²) in [4.78, 5) is 10.8. The van der Waals surface area contributed by atoms with Crippen molar-refractivity contribution in [1.82, 2.24) is 0 Å². The number of carbonyl (C=O) groups excluding carboxylic acids is 1. The van der Waals surface area contributed by atoms with E-state index in [1.807, 2.05) is 6.07 Å². The number of aliphatic hydroxyl groups is 1. The third-order valence-electron chi connectivity index (χ3n) is 1.24. The van der Waals surface area contributed by atoms with Gasteiger partial charge in [0.05, 0.1) is 0 Å². The van der Waals surface area contributed by atoms with Gasteiger partial charge >= 0.3 is 0 Å². The Kier molecular flexibility index (Phi) is 5.87. The number of Topliss-reactive ketones (excluding diaryl/α,β-unsaturated/α-hetero) is 1. The van der Waals surface area contributed by atoms with Crippen LogP contribution < -0.4 is 5.73 Å². The van der Waals surface area contributed by atoms with Gasteiger partial charge in [-0.2, -0.15) is 0 Å². The maximum atomic E-state index is 10.8. The SMILES string of the molecule is CN.O=C(CO)c1ccccc1. The average Bonchev–Trinajstić information content (AvgIpc) is 2.21. The molecule has 0 amide bonds. The molecule has 0 heterocycles. The summed E-state index contributed by atoms with van der Waals surface area (Å²) in [6, 6.07) is 8.72. The lowest BCUT2D eigenvalue weighted by molar-refractivity contribution is 0.0904. The predicted octanol–water partition coefficient (Wildman–Crippen LogP) is 0.436. The van der Waals surface area contributed by atoms with Gasteiger partial charge in [-0.05, 0) is 7.05 Å². The Labute approximate surface area is 71.8 Å². The van der Waals surface area contributed by atoms with Gasteiger partial charge in [-0.1, -0.05) is 30.3 Å². The van der Waals surface area contributed by atoms with Crippen LogP contribution in [0, 0.1) is 0 Å². The molecule has 0 radical (unpaired) electrons. The molecular weight excluding hydrogens is 154 g/mol. The molecule has 12 heavy (non-hydrogen) atoms. The van der Waals surface area contributed by atoms with E-state index in [0.29, 0.717) is 5.56 Å². The van der Waals surface area contributed by atoms with Gasteiger partial charge in [-0.15, -0.1) is 0 Å². The van der Waals surface area contributed by atoms with Crippen molar-refractivity contribution in [2.24, 2.45) is 5.73 Å². The van der Waals surface area contributed by atoms with Crippen LogP contribution >= 0.6 is 0 Å². The van der Waals surface area contributed by atoms with E-state index in [-0.39, 0.29) is 5.78 Å². The highest BCUT2D eigenvalue weighted by Crippen LogP contribution is 1.97. The van der Waals surface area contributed by atoms with Crippen molar-refractivity contribution in [1.29, 1.82) is 0 Å². The molecule has 0 saturated heterocycles. The van der Waals surface area contributed by atoms with Gasteiger partial charge in [0.25, 0.3) is 0 Å². The molecule has 0 aliphatic heterocycles. The lowest BCUT2D eigenvalue weighted by Crippen LogP contribution is -2.02. The van der Waals surface area contributed by atoms with Crippen LogP contribution in [-0.4, -0.2) is 24.5 Å². The highest BCUT2D eigenvalue weighted by molar-refractivity contribution is 5.96. The summed E-state index contributed by atoms with van der Waals surface area (Å²) >= 11 is 0. The summed E-state index contributed by atoms with van der Waals surface area (Å²) in [7, 11) is 1.50. The molecule has 0 aliphatic rings. The predicted molar refractivity (Wildman–Crippen MR) is 48.0 cm³/mol. The fourth-order valence-electron chi connectivity index (χ4n) is 0.715. The first-order valence-corrected chi connectivity index (χ1v) is 3.61. The second kappa shape index (κ2) is 6.52. The number of hydrogen-bond acceptors (Lipinski definition) is 3. The summed E-state index contributed by atoms with van der Waals surface area (Å²) in [6.45, 7) is -0.413. The van der Waals surface area contributed by atoms with Crippen molar-refractivity contribution in [3.63, 3.8) is 0 Å². The van der Waals surface area contributed by atoms with Crippen molar-refractivity contribution in [3.05, 3.63) is 35.9 Å². The largest absolute Gasteiger partial charge is 0.388 e. The number of hydrogen-bond donors (Lipinski definition) is 2. The molecule has 1 aromatic rings. The second-order valence-electron chi connectivity index (χ2n) is 1.95. The van der Waals surface area contributed by atoms with Gasteiger partial charge < -0.3 is 10.8 Å². The minimum atomic E-state index is -0.413. The Morgan fingerprint density at radius 2 is 1.83 bits per heavy atom.